The molecule has 2 N–H and O–H groups in total. The van der Waals surface area contributed by atoms with E-state index in [1.807, 2.05) is 46.7 Å². The van der Waals surface area contributed by atoms with Gasteiger partial charge in [0.15, 0.2) is 5.82 Å². The van der Waals surface area contributed by atoms with E-state index >= 15 is 0 Å². The van der Waals surface area contributed by atoms with Gasteiger partial charge >= 0.3 is 5.97 Å². The number of nitrogens with zero attached hydrogens (tertiary/aromatic N) is 6. The molecule has 10 nitrogen and oxygen atoms in total. The average Bonchev–Trinajstić information content (AvgIpc) is 3.55. The van der Waals surface area contributed by atoms with E-state index in [1.165, 1.54) is 0 Å². The van der Waals surface area contributed by atoms with Crippen molar-refractivity contribution in [2.75, 3.05) is 16.8 Å². The zero-order valence-electron chi connectivity index (χ0n) is 21.6. The van der Waals surface area contributed by atoms with Crippen molar-refractivity contribution in [3.05, 3.63) is 36.2 Å². The fraction of sp³-hybridized carbons (Fsp3) is 0.500. The third kappa shape index (κ3) is 5.62. The van der Waals surface area contributed by atoms with Crippen LogP contribution in [0.3, 0.4) is 0 Å². The molecule has 3 atom stereocenters. The minimum atomic E-state index is -0.844. The first-order chi connectivity index (χ1) is 18.4. The summed E-state index contributed by atoms with van der Waals surface area (Å²) in [4.78, 5) is 39.9. The van der Waals surface area contributed by atoms with E-state index in [1.54, 1.807) is 6.20 Å². The maximum absolute atomic E-state index is 11.9. The smallest absolute Gasteiger partial charge is 0.326 e. The molecule has 10 heteroatoms. The number of fused-ring (bicyclic) bond motifs is 1. The number of anilines is 2. The number of hydrogen-bond acceptors (Lipinski definition) is 8. The Bertz CT molecular complexity index is 1380. The summed E-state index contributed by atoms with van der Waals surface area (Å²) in [5.74, 6) is 1.34. The fourth-order valence-electron chi connectivity index (χ4n) is 5.76. The van der Waals surface area contributed by atoms with Crippen molar-refractivity contribution >= 4 is 29.0 Å². The van der Waals surface area contributed by atoms with Crippen molar-refractivity contribution in [1.82, 2.24) is 19.4 Å². The van der Waals surface area contributed by atoms with E-state index in [9.17, 15) is 14.7 Å². The van der Waals surface area contributed by atoms with Gasteiger partial charge in [0.1, 0.15) is 34.8 Å². The molecule has 1 saturated carbocycles. The Kier molecular flexibility index (Phi) is 7.54. The molecule has 0 bridgehead atoms. The SMILES string of the molecule is Cc1ccc2ncc(-c3nc(NC4CCCC(CCC(=O)CC#N)C4)cc(N4CCCC4C(=O)O)n3)n2c1. The second kappa shape index (κ2) is 11.2. The first kappa shape index (κ1) is 25.6. The van der Waals surface area contributed by atoms with Gasteiger partial charge in [-0.3, -0.25) is 9.20 Å². The summed E-state index contributed by atoms with van der Waals surface area (Å²) in [6.45, 7) is 2.64. The van der Waals surface area contributed by atoms with Gasteiger partial charge in [0, 0.05) is 31.3 Å². The number of carboxylic acid groups (broad SMARTS) is 1. The van der Waals surface area contributed by atoms with Crippen molar-refractivity contribution in [2.45, 2.75) is 76.8 Å². The van der Waals surface area contributed by atoms with Gasteiger partial charge in [-0.2, -0.15) is 5.26 Å². The van der Waals surface area contributed by atoms with Gasteiger partial charge in [0.25, 0.3) is 0 Å². The molecule has 2 fully saturated rings. The van der Waals surface area contributed by atoms with Crippen molar-refractivity contribution < 1.29 is 14.7 Å². The number of imidazole rings is 1. The second-order valence-electron chi connectivity index (χ2n) is 10.5. The third-order valence-corrected chi connectivity index (χ3v) is 7.67. The van der Waals surface area contributed by atoms with Gasteiger partial charge < -0.3 is 15.3 Å². The van der Waals surface area contributed by atoms with Crippen molar-refractivity contribution in [3.63, 3.8) is 0 Å². The fourth-order valence-corrected chi connectivity index (χ4v) is 5.76. The Hall–Kier alpha value is -4.00. The first-order valence-corrected chi connectivity index (χ1v) is 13.4. The number of carbonyl (C=O) groups is 2. The number of nitrogens with one attached hydrogen (secondary N) is 1. The van der Waals surface area contributed by atoms with Crippen LogP contribution in [0.15, 0.2) is 30.6 Å². The molecule has 1 aliphatic heterocycles. The molecule has 5 rings (SSSR count). The molecule has 3 unspecified atom stereocenters. The summed E-state index contributed by atoms with van der Waals surface area (Å²) in [7, 11) is 0. The van der Waals surface area contributed by atoms with Gasteiger partial charge in [-0.1, -0.05) is 18.9 Å². The highest BCUT2D eigenvalue weighted by Gasteiger charge is 2.32. The van der Waals surface area contributed by atoms with Crippen LogP contribution >= 0.6 is 0 Å². The van der Waals surface area contributed by atoms with Crippen LogP contribution in [0.1, 0.15) is 63.4 Å². The lowest BCUT2D eigenvalue weighted by atomic mass is 9.82. The van der Waals surface area contributed by atoms with Crippen LogP contribution < -0.4 is 10.2 Å². The lowest BCUT2D eigenvalue weighted by Gasteiger charge is -2.30. The normalized spacial score (nSPS) is 21.4. The van der Waals surface area contributed by atoms with Crippen molar-refractivity contribution in [2.24, 2.45) is 5.92 Å². The molecule has 198 valence electrons. The molecule has 1 aliphatic carbocycles. The van der Waals surface area contributed by atoms with E-state index in [0.29, 0.717) is 42.8 Å². The molecule has 3 aromatic rings. The number of aromatic nitrogens is 4. The van der Waals surface area contributed by atoms with E-state index in [2.05, 4.69) is 10.3 Å². The summed E-state index contributed by atoms with van der Waals surface area (Å²) in [6.07, 6.45) is 10.4. The maximum atomic E-state index is 11.9. The molecule has 0 amide bonds. The van der Waals surface area contributed by atoms with E-state index < -0.39 is 12.0 Å². The van der Waals surface area contributed by atoms with Gasteiger partial charge in [0.05, 0.1) is 18.7 Å². The molecule has 0 radical (unpaired) electrons. The predicted octanol–water partition coefficient (Wildman–Crippen LogP) is 4.39. The molecule has 2 aliphatic rings. The van der Waals surface area contributed by atoms with Crippen LogP contribution in [0, 0.1) is 24.2 Å². The van der Waals surface area contributed by atoms with Gasteiger partial charge in [-0.25, -0.2) is 19.7 Å². The highest BCUT2D eigenvalue weighted by atomic mass is 16.4. The lowest BCUT2D eigenvalue weighted by Crippen LogP contribution is -2.36. The summed E-state index contributed by atoms with van der Waals surface area (Å²) in [5.41, 5.74) is 2.62. The lowest BCUT2D eigenvalue weighted by molar-refractivity contribution is -0.138. The Morgan fingerprint density at radius 3 is 2.89 bits per heavy atom. The number of ketones is 1. The number of Topliss-reactive ketones (excluding diaryl/α,β-unsaturated/α-hetero) is 1. The molecule has 3 aromatic heterocycles. The standard InChI is InChI=1S/C28H33N7O3/c1-18-7-10-25-30-16-23(35(25)17-18)27-32-24(15-26(33-27)34-13-3-6-22(34)28(37)38)31-20-5-2-4-19(14-20)8-9-21(36)11-12-29/h7,10,15-17,19-20,22H,2-6,8-9,11,13-14H2,1H3,(H,37,38)(H,31,32,33). The number of pyridine rings is 1. The quantitative estimate of drug-likeness (QED) is 0.425. The number of carbonyl (C=O) groups excluding carboxylic acids is 1. The summed E-state index contributed by atoms with van der Waals surface area (Å²) >= 11 is 0. The van der Waals surface area contributed by atoms with Gasteiger partial charge in [-0.15, -0.1) is 0 Å². The Balaban J connectivity index is 1.43. The van der Waals surface area contributed by atoms with Crippen molar-refractivity contribution in [1.29, 1.82) is 5.26 Å². The predicted molar refractivity (Wildman–Crippen MR) is 143 cm³/mol. The van der Waals surface area contributed by atoms with Crippen LogP contribution in [0.5, 0.6) is 0 Å². The van der Waals surface area contributed by atoms with Crippen LogP contribution in [0.25, 0.3) is 17.2 Å². The third-order valence-electron chi connectivity index (χ3n) is 7.67. The van der Waals surface area contributed by atoms with Crippen LogP contribution in [-0.4, -0.2) is 54.8 Å². The molecule has 0 aromatic carbocycles. The summed E-state index contributed by atoms with van der Waals surface area (Å²) < 4.78 is 1.96. The number of hydrogen-bond donors (Lipinski definition) is 2. The van der Waals surface area contributed by atoms with Gasteiger partial charge in [-0.05, 0) is 56.6 Å². The minimum absolute atomic E-state index is 0.00883. The molecular weight excluding hydrogens is 482 g/mol. The van der Waals surface area contributed by atoms with Gasteiger partial charge in [0.2, 0.25) is 0 Å². The van der Waals surface area contributed by atoms with E-state index in [-0.39, 0.29) is 18.2 Å². The Morgan fingerprint density at radius 2 is 2.08 bits per heavy atom. The van der Waals surface area contributed by atoms with Crippen molar-refractivity contribution in [3.8, 4) is 17.6 Å². The van der Waals surface area contributed by atoms with E-state index in [4.69, 9.17) is 15.2 Å². The second-order valence-corrected chi connectivity index (χ2v) is 10.5. The number of nitriles is 1. The molecule has 4 heterocycles. The number of aliphatic carboxylic acids is 1. The monoisotopic (exact) mass is 515 g/mol. The maximum Gasteiger partial charge on any atom is 0.326 e. The number of aryl methyl sites for hydroxylation is 1. The number of rotatable bonds is 9. The van der Waals surface area contributed by atoms with Crippen LogP contribution in [0.4, 0.5) is 11.6 Å². The highest BCUT2D eigenvalue weighted by molar-refractivity contribution is 5.80. The molecule has 0 spiro atoms. The van der Waals surface area contributed by atoms with Crippen LogP contribution in [0.2, 0.25) is 0 Å². The summed E-state index contributed by atoms with van der Waals surface area (Å²) in [6, 6.07) is 7.34. The molecular formula is C28H33N7O3. The topological polar surface area (TPSA) is 137 Å². The highest BCUT2D eigenvalue weighted by Crippen LogP contribution is 2.32. The van der Waals surface area contributed by atoms with E-state index in [0.717, 1.165) is 55.4 Å². The first-order valence-electron chi connectivity index (χ1n) is 13.4. The largest absolute Gasteiger partial charge is 0.480 e. The average molecular weight is 516 g/mol. The molecule has 38 heavy (non-hydrogen) atoms. The Morgan fingerprint density at radius 1 is 1.21 bits per heavy atom. The zero-order valence-corrected chi connectivity index (χ0v) is 21.6. The summed E-state index contributed by atoms with van der Waals surface area (Å²) in [5, 5.41) is 22.2. The van der Waals surface area contributed by atoms with Crippen LogP contribution in [-0.2, 0) is 9.59 Å². The Labute approximate surface area is 221 Å². The number of carboxylic acids is 1. The zero-order chi connectivity index (χ0) is 26.6. The molecule has 1 saturated heterocycles. The minimum Gasteiger partial charge on any atom is -0.480 e.